The Morgan fingerprint density at radius 1 is 1.33 bits per heavy atom. The van der Waals surface area contributed by atoms with E-state index >= 15 is 0 Å². The molecule has 1 aliphatic carbocycles. The third kappa shape index (κ3) is 3.99. The molecule has 1 heterocycles. The minimum atomic E-state index is -0.877. The molecule has 0 fully saturated rings. The third-order valence-electron chi connectivity index (χ3n) is 5.54. The molecule has 160 valence electrons. The predicted octanol–water partition coefficient (Wildman–Crippen LogP) is 3.44. The summed E-state index contributed by atoms with van der Waals surface area (Å²) in [6.07, 6.45) is 1.48. The molecule has 0 bridgehead atoms. The Hall–Kier alpha value is -3.03. The van der Waals surface area contributed by atoms with Crippen molar-refractivity contribution in [2.45, 2.75) is 52.9 Å². The number of Topliss-reactive ketones (excluding diaryl/α,β-unsaturated/α-hetero) is 1. The number of carbonyl (C=O) groups is 2. The molecule has 1 unspecified atom stereocenters. The van der Waals surface area contributed by atoms with Crippen LogP contribution >= 0.6 is 0 Å². The number of hydrogen-bond donors (Lipinski definition) is 0. The van der Waals surface area contributed by atoms with Crippen molar-refractivity contribution in [3.63, 3.8) is 0 Å². The fourth-order valence-electron chi connectivity index (χ4n) is 4.27. The summed E-state index contributed by atoms with van der Waals surface area (Å²) in [5, 5.41) is 23.2. The second-order valence-corrected chi connectivity index (χ2v) is 8.66. The fraction of sp³-hybridized carbons (Fsp3) is 0.500. The van der Waals surface area contributed by atoms with E-state index in [4.69, 9.17) is 4.74 Å². The Morgan fingerprint density at radius 3 is 2.67 bits per heavy atom. The summed E-state index contributed by atoms with van der Waals surface area (Å²) in [6, 6.07) is 3.74. The van der Waals surface area contributed by atoms with Gasteiger partial charge in [-0.05, 0) is 36.5 Å². The molecule has 30 heavy (non-hydrogen) atoms. The number of carbonyl (C=O) groups excluding carboxylic acids is 2. The molecular weight excluding hydrogens is 388 g/mol. The lowest BCUT2D eigenvalue weighted by Gasteiger charge is -2.39. The highest BCUT2D eigenvalue weighted by Crippen LogP contribution is 2.48. The van der Waals surface area contributed by atoms with Crippen molar-refractivity contribution >= 4 is 23.2 Å². The summed E-state index contributed by atoms with van der Waals surface area (Å²) in [5.41, 5.74) is 1.01. The monoisotopic (exact) mass is 413 g/mol. The van der Waals surface area contributed by atoms with E-state index in [0.29, 0.717) is 35.4 Å². The molecule has 1 aromatic carbocycles. The Balaban J connectivity index is 2.19. The van der Waals surface area contributed by atoms with E-state index in [0.717, 1.165) is 6.07 Å². The number of rotatable bonds is 5. The lowest BCUT2D eigenvalue weighted by atomic mass is 9.67. The van der Waals surface area contributed by atoms with Gasteiger partial charge < -0.3 is 9.84 Å². The average Bonchev–Trinajstić information content (AvgIpc) is 2.64. The fourth-order valence-corrected chi connectivity index (χ4v) is 4.27. The normalized spacial score (nSPS) is 22.9. The number of benzene rings is 1. The number of nitro groups is 1. The molecule has 0 N–H and O–H groups in total. The summed E-state index contributed by atoms with van der Waals surface area (Å²) >= 11 is 0. The minimum Gasteiger partial charge on any atom is -0.868 e. The van der Waals surface area contributed by atoms with E-state index in [1.54, 1.807) is 6.92 Å². The molecule has 3 rings (SSSR count). The maximum Gasteiger partial charge on any atom is 0.315 e. The van der Waals surface area contributed by atoms with E-state index in [9.17, 15) is 24.8 Å². The quantitative estimate of drug-likeness (QED) is 0.414. The topological polar surface area (TPSA) is 122 Å². The number of nitro benzene ring substituents is 1. The van der Waals surface area contributed by atoms with Gasteiger partial charge >= 0.3 is 5.97 Å². The van der Waals surface area contributed by atoms with Crippen LogP contribution in [-0.4, -0.2) is 29.0 Å². The van der Waals surface area contributed by atoms with Crippen molar-refractivity contribution in [1.82, 2.24) is 0 Å². The standard InChI is InChI=1S/C22H26N2O6/c1-5-8-30-21(27)18-12(2)23-14-10-22(3,4)11-17(26)20(14)19(18)13-6-7-16(25)15(9-13)24(28)29/h6-7,9,18-19,25H,5,8,10-11H2,1-4H3/p-1/t18?,19-/m0/s1. The molecule has 2 aliphatic rings. The zero-order valence-electron chi connectivity index (χ0n) is 17.6. The SMILES string of the molecule is CCCOC(=O)C1C(C)=NC2=C(C(=O)CC(C)(C)C2)[C@H]1c1ccc([O-])c([N+](=O)[O-])c1. The summed E-state index contributed by atoms with van der Waals surface area (Å²) in [7, 11) is 0. The van der Waals surface area contributed by atoms with Gasteiger partial charge in [0.05, 0.1) is 11.5 Å². The van der Waals surface area contributed by atoms with E-state index in [1.165, 1.54) is 12.1 Å². The van der Waals surface area contributed by atoms with Crippen LogP contribution in [0.15, 0.2) is 34.5 Å². The Kier molecular flexibility index (Phi) is 5.78. The van der Waals surface area contributed by atoms with Crippen LogP contribution in [0.5, 0.6) is 5.75 Å². The Bertz CT molecular complexity index is 976. The number of ether oxygens (including phenoxy) is 1. The number of aliphatic imine (C=N–C) groups is 1. The first-order valence-corrected chi connectivity index (χ1v) is 9.99. The predicted molar refractivity (Wildman–Crippen MR) is 108 cm³/mol. The average molecular weight is 413 g/mol. The third-order valence-corrected chi connectivity index (χ3v) is 5.54. The van der Waals surface area contributed by atoms with Crippen molar-refractivity contribution < 1.29 is 24.4 Å². The molecule has 0 spiro atoms. The summed E-state index contributed by atoms with van der Waals surface area (Å²) in [6.45, 7) is 7.76. The number of allylic oxidation sites excluding steroid dienone is 2. The largest absolute Gasteiger partial charge is 0.868 e. The smallest absolute Gasteiger partial charge is 0.315 e. The molecule has 0 amide bonds. The van der Waals surface area contributed by atoms with Gasteiger partial charge in [-0.25, -0.2) is 0 Å². The summed E-state index contributed by atoms with van der Waals surface area (Å²) in [5.74, 6) is -3.03. The van der Waals surface area contributed by atoms with Gasteiger partial charge in [0.1, 0.15) is 5.92 Å². The minimum absolute atomic E-state index is 0.135. The maximum absolute atomic E-state index is 13.1. The number of hydrogen-bond acceptors (Lipinski definition) is 7. The first-order chi connectivity index (χ1) is 14.1. The number of esters is 1. The van der Waals surface area contributed by atoms with E-state index in [1.807, 2.05) is 20.8 Å². The van der Waals surface area contributed by atoms with Crippen LogP contribution in [0.1, 0.15) is 58.4 Å². The highest BCUT2D eigenvalue weighted by molar-refractivity contribution is 6.09. The van der Waals surface area contributed by atoms with Gasteiger partial charge in [0.2, 0.25) is 0 Å². The highest BCUT2D eigenvalue weighted by atomic mass is 16.6. The van der Waals surface area contributed by atoms with E-state index < -0.39 is 34.2 Å². The van der Waals surface area contributed by atoms with Gasteiger partial charge in [-0.3, -0.25) is 24.7 Å². The Labute approximate surface area is 174 Å². The molecule has 0 aromatic heterocycles. The van der Waals surface area contributed by atoms with Crippen molar-refractivity contribution in [3.05, 3.63) is 45.1 Å². The van der Waals surface area contributed by atoms with Crippen molar-refractivity contribution in [1.29, 1.82) is 0 Å². The van der Waals surface area contributed by atoms with Gasteiger partial charge in [-0.2, -0.15) is 0 Å². The first-order valence-electron chi connectivity index (χ1n) is 9.99. The van der Waals surface area contributed by atoms with Gasteiger partial charge in [-0.15, -0.1) is 0 Å². The van der Waals surface area contributed by atoms with E-state index in [2.05, 4.69) is 4.99 Å². The molecule has 0 saturated carbocycles. The molecule has 0 saturated heterocycles. The number of ketones is 1. The van der Waals surface area contributed by atoms with Crippen LogP contribution in [0.3, 0.4) is 0 Å². The van der Waals surface area contributed by atoms with Crippen LogP contribution < -0.4 is 5.11 Å². The van der Waals surface area contributed by atoms with Gasteiger partial charge in [0, 0.05) is 35.4 Å². The van der Waals surface area contributed by atoms with Crippen molar-refractivity contribution in [3.8, 4) is 5.75 Å². The summed E-state index contributed by atoms with van der Waals surface area (Å²) < 4.78 is 5.36. The zero-order chi connectivity index (χ0) is 22.2. The van der Waals surface area contributed by atoms with Crippen molar-refractivity contribution in [2.24, 2.45) is 16.3 Å². The summed E-state index contributed by atoms with van der Waals surface area (Å²) in [4.78, 5) is 41.2. The van der Waals surface area contributed by atoms with Gasteiger partial charge in [0.25, 0.3) is 5.69 Å². The van der Waals surface area contributed by atoms with Crippen LogP contribution in [0.2, 0.25) is 0 Å². The van der Waals surface area contributed by atoms with Gasteiger partial charge in [-0.1, -0.05) is 32.9 Å². The van der Waals surface area contributed by atoms with Crippen LogP contribution in [0.4, 0.5) is 5.69 Å². The molecule has 0 radical (unpaired) electrons. The highest BCUT2D eigenvalue weighted by Gasteiger charge is 2.46. The molecule has 2 atom stereocenters. The van der Waals surface area contributed by atoms with Crippen LogP contribution in [-0.2, 0) is 14.3 Å². The Morgan fingerprint density at radius 2 is 2.03 bits per heavy atom. The molecule has 8 heteroatoms. The van der Waals surface area contributed by atoms with Crippen molar-refractivity contribution in [2.75, 3.05) is 6.61 Å². The molecule has 1 aliphatic heterocycles. The van der Waals surface area contributed by atoms with Crippen LogP contribution in [0, 0.1) is 21.4 Å². The second kappa shape index (κ2) is 8.01. The van der Waals surface area contributed by atoms with Gasteiger partial charge in [0.15, 0.2) is 5.78 Å². The molecule has 8 nitrogen and oxygen atoms in total. The molecule has 1 aromatic rings. The number of nitrogens with zero attached hydrogens (tertiary/aromatic N) is 2. The lowest BCUT2D eigenvalue weighted by molar-refractivity contribution is -0.398. The zero-order valence-corrected chi connectivity index (χ0v) is 17.6. The van der Waals surface area contributed by atoms with E-state index in [-0.39, 0.29) is 24.2 Å². The maximum atomic E-state index is 13.1. The van der Waals surface area contributed by atoms with Crippen LogP contribution in [0.25, 0.3) is 0 Å². The second-order valence-electron chi connectivity index (χ2n) is 8.66. The first kappa shape index (κ1) is 21.7. The lowest BCUT2D eigenvalue weighted by Crippen LogP contribution is -2.39. The molecular formula is C22H25N2O6-.